The molecule has 0 bridgehead atoms. The molecule has 13 heteroatoms. The molecule has 2 aromatic rings. The molecule has 0 aliphatic carbocycles. The third-order valence-corrected chi connectivity index (χ3v) is 4.48. The zero-order valence-corrected chi connectivity index (χ0v) is 18.8. The summed E-state index contributed by atoms with van der Waals surface area (Å²) in [6.07, 6.45) is 1.16. The van der Waals surface area contributed by atoms with Gasteiger partial charge in [0.05, 0.1) is 9.85 Å². The number of anilines is 2. The molecule has 1 aromatic carbocycles. The first-order valence-corrected chi connectivity index (χ1v) is 10.1. The van der Waals surface area contributed by atoms with Crippen LogP contribution >= 0.6 is 11.6 Å². The summed E-state index contributed by atoms with van der Waals surface area (Å²) < 4.78 is 0. The van der Waals surface area contributed by atoms with Gasteiger partial charge in [0.25, 0.3) is 11.6 Å². The first-order chi connectivity index (χ1) is 15.0. The van der Waals surface area contributed by atoms with Crippen LogP contribution in [0.4, 0.5) is 23.0 Å². The van der Waals surface area contributed by atoms with Crippen LogP contribution in [0.1, 0.15) is 38.1 Å². The number of carbonyl (C=O) groups excluding carboxylic acids is 1. The van der Waals surface area contributed by atoms with E-state index >= 15 is 0 Å². The van der Waals surface area contributed by atoms with Gasteiger partial charge in [0, 0.05) is 24.7 Å². The fourth-order valence-corrected chi connectivity index (χ4v) is 3.16. The zero-order chi connectivity index (χ0) is 24.0. The maximum absolute atomic E-state index is 12.4. The highest BCUT2D eigenvalue weighted by molar-refractivity contribution is 6.32. The maximum Gasteiger partial charge on any atom is 0.355 e. The van der Waals surface area contributed by atoms with Crippen molar-refractivity contribution in [2.24, 2.45) is 11.8 Å². The molecule has 0 atom stereocenters. The smallest absolute Gasteiger partial charge is 0.350 e. The highest BCUT2D eigenvalue weighted by Crippen LogP contribution is 2.32. The van der Waals surface area contributed by atoms with Gasteiger partial charge in [-0.2, -0.15) is 0 Å². The summed E-state index contributed by atoms with van der Waals surface area (Å²) in [7, 11) is 0. The lowest BCUT2D eigenvalue weighted by Crippen LogP contribution is -2.34. The van der Waals surface area contributed by atoms with Gasteiger partial charge in [-0.05, 0) is 24.0 Å². The molecule has 0 saturated carbocycles. The molecule has 2 N–H and O–H groups in total. The number of hydrogen-bond donors (Lipinski definition) is 2. The number of hydrogen-bond acceptors (Lipinski definition) is 9. The second-order valence-corrected chi connectivity index (χ2v) is 8.25. The third-order valence-electron chi connectivity index (χ3n) is 4.16. The first kappa shape index (κ1) is 24.7. The van der Waals surface area contributed by atoms with E-state index in [1.807, 2.05) is 32.6 Å². The van der Waals surface area contributed by atoms with Crippen LogP contribution in [0.5, 0.6) is 0 Å². The molecule has 0 radical (unpaired) electrons. The van der Waals surface area contributed by atoms with Gasteiger partial charge in [-0.3, -0.25) is 35.9 Å². The topological polar surface area (TPSA) is 156 Å². The average molecular weight is 466 g/mol. The number of nitro groups is 2. The van der Waals surface area contributed by atoms with E-state index in [4.69, 9.17) is 11.6 Å². The van der Waals surface area contributed by atoms with E-state index in [9.17, 15) is 25.0 Å². The van der Waals surface area contributed by atoms with Crippen molar-refractivity contribution in [2.75, 3.05) is 23.4 Å². The number of carbonyl (C=O) groups is 1. The van der Waals surface area contributed by atoms with Crippen molar-refractivity contribution in [3.8, 4) is 0 Å². The van der Waals surface area contributed by atoms with E-state index in [0.29, 0.717) is 13.1 Å². The van der Waals surface area contributed by atoms with Crippen molar-refractivity contribution in [3.63, 3.8) is 0 Å². The van der Waals surface area contributed by atoms with Crippen molar-refractivity contribution >= 4 is 40.5 Å². The van der Waals surface area contributed by atoms with Crippen LogP contribution in [0.3, 0.4) is 0 Å². The van der Waals surface area contributed by atoms with Gasteiger partial charge in [0.15, 0.2) is 0 Å². The van der Waals surface area contributed by atoms with Gasteiger partial charge >= 0.3 is 5.69 Å². The lowest BCUT2D eigenvalue weighted by Gasteiger charge is -2.27. The molecule has 1 amide bonds. The van der Waals surface area contributed by atoms with Gasteiger partial charge < -0.3 is 4.90 Å². The second-order valence-electron chi connectivity index (χ2n) is 7.85. The summed E-state index contributed by atoms with van der Waals surface area (Å²) in [6, 6.07) is 3.51. The number of halogens is 1. The Morgan fingerprint density at radius 1 is 1.09 bits per heavy atom. The van der Waals surface area contributed by atoms with Crippen LogP contribution in [0.15, 0.2) is 24.5 Å². The van der Waals surface area contributed by atoms with E-state index in [1.165, 1.54) is 12.1 Å². The molecule has 172 valence electrons. The number of aromatic nitrogens is 2. The Morgan fingerprint density at radius 3 is 2.25 bits per heavy atom. The number of nitro benzene ring substituents is 1. The van der Waals surface area contributed by atoms with Crippen LogP contribution in [0.25, 0.3) is 0 Å². The molecule has 1 aromatic heterocycles. The fourth-order valence-electron chi connectivity index (χ4n) is 2.97. The van der Waals surface area contributed by atoms with Crippen LogP contribution in [-0.2, 0) is 0 Å². The van der Waals surface area contributed by atoms with Crippen molar-refractivity contribution in [1.82, 2.24) is 15.4 Å². The number of hydrazine groups is 1. The molecule has 0 aliphatic heterocycles. The predicted octanol–water partition coefficient (Wildman–Crippen LogP) is 3.82. The summed E-state index contributed by atoms with van der Waals surface area (Å²) in [5.74, 6) is -0.402. The van der Waals surface area contributed by atoms with E-state index in [1.54, 1.807) is 0 Å². The van der Waals surface area contributed by atoms with Gasteiger partial charge in [-0.15, -0.1) is 0 Å². The Balaban J connectivity index is 2.33. The third kappa shape index (κ3) is 6.23. The van der Waals surface area contributed by atoms with E-state index < -0.39 is 27.1 Å². The molecule has 12 nitrogen and oxygen atoms in total. The minimum Gasteiger partial charge on any atom is -0.350 e. The Labute approximate surface area is 189 Å². The quantitative estimate of drug-likeness (QED) is 0.393. The number of amides is 1. The van der Waals surface area contributed by atoms with E-state index in [0.717, 1.165) is 12.4 Å². The van der Waals surface area contributed by atoms with Gasteiger partial charge in [-0.1, -0.05) is 39.3 Å². The summed E-state index contributed by atoms with van der Waals surface area (Å²) in [5, 5.41) is 22.8. The van der Waals surface area contributed by atoms with E-state index in [2.05, 4.69) is 20.8 Å². The number of nitrogens with one attached hydrogen (secondary N) is 2. The normalized spacial score (nSPS) is 10.8. The molecule has 0 spiro atoms. The van der Waals surface area contributed by atoms with Crippen molar-refractivity contribution in [2.45, 2.75) is 27.7 Å². The Kier molecular flexibility index (Phi) is 8.24. The summed E-state index contributed by atoms with van der Waals surface area (Å²) in [6.45, 7) is 9.04. The van der Waals surface area contributed by atoms with Crippen molar-refractivity contribution < 1.29 is 14.6 Å². The molecule has 0 aliphatic rings. The summed E-state index contributed by atoms with van der Waals surface area (Å²) in [4.78, 5) is 43.8. The van der Waals surface area contributed by atoms with Gasteiger partial charge in [-0.25, -0.2) is 9.97 Å². The van der Waals surface area contributed by atoms with Gasteiger partial charge in [0.2, 0.25) is 11.6 Å². The average Bonchev–Trinajstić information content (AvgIpc) is 2.70. The molecule has 1 heterocycles. The van der Waals surface area contributed by atoms with Crippen LogP contribution in [-0.4, -0.2) is 38.8 Å². The predicted molar refractivity (Wildman–Crippen MR) is 120 cm³/mol. The molecular weight excluding hydrogens is 442 g/mol. The zero-order valence-electron chi connectivity index (χ0n) is 18.0. The standard InChI is InChI=1S/C19H24ClN7O5/c1-11(2)8-25(9-12(3)4)18-16(27(31)32)17(21-10-22-18)23-24-19(28)13-5-6-14(20)15(7-13)26(29)30/h5-7,10-12H,8-9H2,1-4H3,(H,24,28)(H,21,22,23). The highest BCUT2D eigenvalue weighted by Gasteiger charge is 2.28. The lowest BCUT2D eigenvalue weighted by atomic mass is 10.1. The molecule has 2 rings (SSSR count). The minimum absolute atomic E-state index is 0.0632. The number of rotatable bonds is 10. The molecule has 0 fully saturated rings. The van der Waals surface area contributed by atoms with Crippen molar-refractivity contribution in [1.29, 1.82) is 0 Å². The molecule has 0 saturated heterocycles. The highest BCUT2D eigenvalue weighted by atomic mass is 35.5. The second kappa shape index (κ2) is 10.7. The molecule has 0 unspecified atom stereocenters. The minimum atomic E-state index is -0.763. The Bertz CT molecular complexity index is 1010. The monoisotopic (exact) mass is 465 g/mol. The number of nitrogens with zero attached hydrogens (tertiary/aromatic N) is 5. The number of benzene rings is 1. The van der Waals surface area contributed by atoms with Crippen molar-refractivity contribution in [3.05, 3.63) is 55.3 Å². The lowest BCUT2D eigenvalue weighted by molar-refractivity contribution is -0.384. The van der Waals surface area contributed by atoms with E-state index in [-0.39, 0.29) is 34.1 Å². The van der Waals surface area contributed by atoms with Crippen LogP contribution in [0, 0.1) is 32.1 Å². The Hall–Kier alpha value is -3.54. The molecular formula is C19H24ClN7O5. The summed E-state index contributed by atoms with van der Waals surface area (Å²) in [5.41, 5.74) is 3.82. The summed E-state index contributed by atoms with van der Waals surface area (Å²) >= 11 is 5.76. The first-order valence-electron chi connectivity index (χ1n) is 9.75. The Morgan fingerprint density at radius 2 is 1.72 bits per heavy atom. The van der Waals surface area contributed by atoms with Gasteiger partial charge in [0.1, 0.15) is 11.3 Å². The SMILES string of the molecule is CC(C)CN(CC(C)C)c1ncnc(NNC(=O)c2ccc(Cl)c([N+](=O)[O-])c2)c1[N+](=O)[O-]. The van der Waals surface area contributed by atoms with Crippen LogP contribution in [0.2, 0.25) is 5.02 Å². The maximum atomic E-state index is 12.4. The fraction of sp³-hybridized carbons (Fsp3) is 0.421. The van der Waals surface area contributed by atoms with Crippen LogP contribution < -0.4 is 15.8 Å². The molecule has 32 heavy (non-hydrogen) atoms. The largest absolute Gasteiger partial charge is 0.355 e.